The van der Waals surface area contributed by atoms with Crippen molar-refractivity contribution < 1.29 is 9.13 Å². The highest BCUT2D eigenvalue weighted by Crippen LogP contribution is 2.25. The number of rotatable bonds is 5. The summed E-state index contributed by atoms with van der Waals surface area (Å²) in [6.45, 7) is 4.25. The molecule has 1 heterocycles. The summed E-state index contributed by atoms with van der Waals surface area (Å²) in [5, 5.41) is 3.42. The van der Waals surface area contributed by atoms with Crippen LogP contribution in [0.3, 0.4) is 0 Å². The lowest BCUT2D eigenvalue weighted by Crippen LogP contribution is -2.45. The quantitative estimate of drug-likeness (QED) is 0.918. The van der Waals surface area contributed by atoms with Crippen LogP contribution in [0.5, 0.6) is 0 Å². The van der Waals surface area contributed by atoms with Crippen molar-refractivity contribution >= 4 is 0 Å². The van der Waals surface area contributed by atoms with Gasteiger partial charge in [-0.25, -0.2) is 4.39 Å². The first kappa shape index (κ1) is 16.1. The van der Waals surface area contributed by atoms with Crippen LogP contribution in [0.1, 0.15) is 22.7 Å². The zero-order valence-corrected chi connectivity index (χ0v) is 13.5. The van der Waals surface area contributed by atoms with Crippen LogP contribution in [0.4, 0.5) is 4.39 Å². The SMILES string of the molecule is COCc1cccc(CN2CCNCC2c2cccc(F)c2)c1. The molecule has 0 radical (unpaired) electrons. The summed E-state index contributed by atoms with van der Waals surface area (Å²) >= 11 is 0. The summed E-state index contributed by atoms with van der Waals surface area (Å²) in [7, 11) is 1.71. The van der Waals surface area contributed by atoms with Gasteiger partial charge in [0.1, 0.15) is 5.82 Å². The van der Waals surface area contributed by atoms with E-state index in [1.165, 1.54) is 17.2 Å². The van der Waals surface area contributed by atoms with Crippen molar-refractivity contribution in [1.82, 2.24) is 10.2 Å². The Morgan fingerprint density at radius 3 is 2.83 bits per heavy atom. The molecule has 1 saturated heterocycles. The van der Waals surface area contributed by atoms with Gasteiger partial charge in [0.05, 0.1) is 6.61 Å². The van der Waals surface area contributed by atoms with Crippen molar-refractivity contribution in [3.63, 3.8) is 0 Å². The molecule has 23 heavy (non-hydrogen) atoms. The number of methoxy groups -OCH3 is 1. The molecule has 0 amide bonds. The van der Waals surface area contributed by atoms with E-state index in [0.29, 0.717) is 6.61 Å². The van der Waals surface area contributed by atoms with Gasteiger partial charge >= 0.3 is 0 Å². The van der Waals surface area contributed by atoms with Gasteiger partial charge in [0.15, 0.2) is 0 Å². The van der Waals surface area contributed by atoms with Crippen molar-refractivity contribution in [2.24, 2.45) is 0 Å². The molecule has 3 nitrogen and oxygen atoms in total. The van der Waals surface area contributed by atoms with Gasteiger partial charge in [0.25, 0.3) is 0 Å². The molecule has 2 aromatic rings. The Morgan fingerprint density at radius 2 is 2.00 bits per heavy atom. The van der Waals surface area contributed by atoms with Crippen LogP contribution >= 0.6 is 0 Å². The van der Waals surface area contributed by atoms with Gasteiger partial charge in [-0.15, -0.1) is 0 Å². The number of hydrogen-bond acceptors (Lipinski definition) is 3. The molecular formula is C19H23FN2O. The third-order valence-electron chi connectivity index (χ3n) is 4.28. The molecule has 122 valence electrons. The molecule has 1 atom stereocenters. The molecule has 1 aliphatic rings. The fourth-order valence-electron chi connectivity index (χ4n) is 3.20. The normalized spacial score (nSPS) is 19.0. The van der Waals surface area contributed by atoms with Crippen molar-refractivity contribution in [2.75, 3.05) is 26.7 Å². The van der Waals surface area contributed by atoms with Gasteiger partial charge in [0, 0.05) is 39.3 Å². The first-order valence-electron chi connectivity index (χ1n) is 8.03. The summed E-state index contributed by atoms with van der Waals surface area (Å²) in [6.07, 6.45) is 0. The zero-order chi connectivity index (χ0) is 16.1. The second-order valence-corrected chi connectivity index (χ2v) is 6.00. The average Bonchev–Trinajstić information content (AvgIpc) is 2.56. The third-order valence-corrected chi connectivity index (χ3v) is 4.28. The summed E-state index contributed by atoms with van der Waals surface area (Å²) in [5.41, 5.74) is 3.48. The maximum atomic E-state index is 13.6. The van der Waals surface area contributed by atoms with E-state index in [1.807, 2.05) is 6.07 Å². The van der Waals surface area contributed by atoms with Crippen LogP contribution in [-0.4, -0.2) is 31.6 Å². The average molecular weight is 314 g/mol. The van der Waals surface area contributed by atoms with Crippen molar-refractivity contribution in [3.05, 3.63) is 71.0 Å². The maximum Gasteiger partial charge on any atom is 0.123 e. The van der Waals surface area contributed by atoms with Gasteiger partial charge in [-0.3, -0.25) is 4.90 Å². The second kappa shape index (κ2) is 7.68. The van der Waals surface area contributed by atoms with Gasteiger partial charge in [-0.2, -0.15) is 0 Å². The second-order valence-electron chi connectivity index (χ2n) is 6.00. The Kier molecular flexibility index (Phi) is 5.39. The number of nitrogens with zero attached hydrogens (tertiary/aromatic N) is 1. The van der Waals surface area contributed by atoms with Crippen LogP contribution in [-0.2, 0) is 17.9 Å². The van der Waals surface area contributed by atoms with E-state index in [-0.39, 0.29) is 11.9 Å². The molecule has 0 bridgehead atoms. The largest absolute Gasteiger partial charge is 0.380 e. The van der Waals surface area contributed by atoms with Crippen molar-refractivity contribution in [3.8, 4) is 0 Å². The van der Waals surface area contributed by atoms with Crippen molar-refractivity contribution in [1.29, 1.82) is 0 Å². The lowest BCUT2D eigenvalue weighted by atomic mass is 10.0. The van der Waals surface area contributed by atoms with E-state index in [9.17, 15) is 4.39 Å². The monoisotopic (exact) mass is 314 g/mol. The third kappa shape index (κ3) is 4.16. The van der Waals surface area contributed by atoms with E-state index in [1.54, 1.807) is 19.2 Å². The molecular weight excluding hydrogens is 291 g/mol. The molecule has 3 rings (SSSR count). The van der Waals surface area contributed by atoms with Gasteiger partial charge < -0.3 is 10.1 Å². The van der Waals surface area contributed by atoms with Crippen LogP contribution in [0.2, 0.25) is 0 Å². The molecule has 1 unspecified atom stereocenters. The Balaban J connectivity index is 1.78. The van der Waals surface area contributed by atoms with Gasteiger partial charge in [-0.1, -0.05) is 36.4 Å². The first-order chi connectivity index (χ1) is 11.3. The predicted octanol–water partition coefficient (Wildman–Crippen LogP) is 3.12. The van der Waals surface area contributed by atoms with Crippen LogP contribution in [0.15, 0.2) is 48.5 Å². The smallest absolute Gasteiger partial charge is 0.123 e. The minimum absolute atomic E-state index is 0.171. The van der Waals surface area contributed by atoms with E-state index in [0.717, 1.165) is 31.7 Å². The summed E-state index contributed by atoms with van der Waals surface area (Å²) in [6, 6.07) is 15.6. The summed E-state index contributed by atoms with van der Waals surface area (Å²) < 4.78 is 18.8. The van der Waals surface area contributed by atoms with Gasteiger partial charge in [-0.05, 0) is 28.8 Å². The highest BCUT2D eigenvalue weighted by Gasteiger charge is 2.24. The number of nitrogens with one attached hydrogen (secondary N) is 1. The highest BCUT2D eigenvalue weighted by atomic mass is 19.1. The van der Waals surface area contributed by atoms with Gasteiger partial charge in [0.2, 0.25) is 0 Å². The summed E-state index contributed by atoms with van der Waals surface area (Å²) in [5.74, 6) is -0.171. The fraction of sp³-hybridized carbons (Fsp3) is 0.368. The standard InChI is InChI=1S/C19H23FN2O/c1-23-14-16-5-2-4-15(10-16)13-22-9-8-21-12-19(22)17-6-3-7-18(20)11-17/h2-7,10-11,19,21H,8-9,12-14H2,1H3. The molecule has 2 aromatic carbocycles. The Bertz CT molecular complexity index is 647. The molecule has 0 aliphatic carbocycles. The zero-order valence-electron chi connectivity index (χ0n) is 13.5. The number of piperazine rings is 1. The molecule has 0 spiro atoms. The van der Waals surface area contributed by atoms with Crippen LogP contribution < -0.4 is 5.32 Å². The fourth-order valence-corrected chi connectivity index (χ4v) is 3.20. The minimum Gasteiger partial charge on any atom is -0.380 e. The number of ether oxygens (including phenoxy) is 1. The van der Waals surface area contributed by atoms with E-state index < -0.39 is 0 Å². The van der Waals surface area contributed by atoms with E-state index in [2.05, 4.69) is 34.5 Å². The molecule has 1 fully saturated rings. The van der Waals surface area contributed by atoms with E-state index in [4.69, 9.17) is 4.74 Å². The molecule has 4 heteroatoms. The number of hydrogen-bond donors (Lipinski definition) is 1. The van der Waals surface area contributed by atoms with Crippen LogP contribution in [0.25, 0.3) is 0 Å². The maximum absolute atomic E-state index is 13.6. The van der Waals surface area contributed by atoms with Crippen molar-refractivity contribution in [2.45, 2.75) is 19.2 Å². The van der Waals surface area contributed by atoms with E-state index >= 15 is 0 Å². The Morgan fingerprint density at radius 1 is 1.17 bits per heavy atom. The Hall–Kier alpha value is -1.75. The lowest BCUT2D eigenvalue weighted by molar-refractivity contribution is 0.153. The number of halogens is 1. The first-order valence-corrected chi connectivity index (χ1v) is 8.03. The Labute approximate surface area is 137 Å². The molecule has 1 aliphatic heterocycles. The predicted molar refractivity (Wildman–Crippen MR) is 89.6 cm³/mol. The molecule has 0 aromatic heterocycles. The topological polar surface area (TPSA) is 24.5 Å². The molecule has 0 saturated carbocycles. The lowest BCUT2D eigenvalue weighted by Gasteiger charge is -2.36. The summed E-state index contributed by atoms with van der Waals surface area (Å²) in [4.78, 5) is 2.41. The minimum atomic E-state index is -0.171. The molecule has 1 N–H and O–H groups in total. The highest BCUT2D eigenvalue weighted by molar-refractivity contribution is 5.25. The van der Waals surface area contributed by atoms with Crippen LogP contribution in [0, 0.1) is 5.82 Å². The number of benzene rings is 2.